The quantitative estimate of drug-likeness (QED) is 0.675. The Morgan fingerprint density at radius 3 is 2.42 bits per heavy atom. The third kappa shape index (κ3) is 1.05. The summed E-state index contributed by atoms with van der Waals surface area (Å²) in [7, 11) is 0. The van der Waals surface area contributed by atoms with Gasteiger partial charge in [-0.2, -0.15) is 0 Å². The molecular formula is C7H6N4O. The van der Waals surface area contributed by atoms with Crippen LogP contribution in [0.3, 0.4) is 0 Å². The SMILES string of the molecule is Oc1ccccc1C1N=NN=N1. The van der Waals surface area contributed by atoms with Gasteiger partial charge in [0.15, 0.2) is 0 Å². The van der Waals surface area contributed by atoms with Crippen LogP contribution in [0.4, 0.5) is 0 Å². The summed E-state index contributed by atoms with van der Waals surface area (Å²) in [6, 6.07) is 6.86. The molecule has 1 heterocycles. The molecule has 1 N–H and O–H groups in total. The molecule has 0 radical (unpaired) electrons. The average molecular weight is 162 g/mol. The van der Waals surface area contributed by atoms with Crippen LogP contribution in [0.2, 0.25) is 0 Å². The van der Waals surface area contributed by atoms with Crippen LogP contribution in [0.15, 0.2) is 44.9 Å². The molecule has 0 aliphatic carbocycles. The lowest BCUT2D eigenvalue weighted by molar-refractivity contribution is 0.462. The summed E-state index contributed by atoms with van der Waals surface area (Å²) >= 11 is 0. The van der Waals surface area contributed by atoms with Crippen LogP contribution in [-0.2, 0) is 0 Å². The largest absolute Gasteiger partial charge is 0.508 e. The Bertz CT molecular complexity index is 335. The number of aromatic hydroxyl groups is 1. The molecule has 0 fully saturated rings. The van der Waals surface area contributed by atoms with E-state index >= 15 is 0 Å². The lowest BCUT2D eigenvalue weighted by atomic mass is 10.1. The zero-order valence-corrected chi connectivity index (χ0v) is 6.12. The van der Waals surface area contributed by atoms with E-state index in [4.69, 9.17) is 0 Å². The predicted octanol–water partition coefficient (Wildman–Crippen LogP) is 2.22. The van der Waals surface area contributed by atoms with Gasteiger partial charge in [-0.3, -0.25) is 0 Å². The predicted molar refractivity (Wildman–Crippen MR) is 40.6 cm³/mol. The van der Waals surface area contributed by atoms with Crippen LogP contribution in [-0.4, -0.2) is 5.11 Å². The van der Waals surface area contributed by atoms with Crippen LogP contribution < -0.4 is 0 Å². The maximum absolute atomic E-state index is 9.37. The van der Waals surface area contributed by atoms with Crippen molar-refractivity contribution in [3.05, 3.63) is 29.8 Å². The summed E-state index contributed by atoms with van der Waals surface area (Å²) in [4.78, 5) is 0. The standard InChI is InChI=1S/C7H6N4O/c12-6-4-2-1-3-5(6)7-8-10-11-9-7/h1-4,7,12H. The maximum atomic E-state index is 9.37. The van der Waals surface area contributed by atoms with Gasteiger partial charge in [-0.05, 0) is 16.5 Å². The van der Waals surface area contributed by atoms with Crippen LogP contribution in [0.25, 0.3) is 0 Å². The minimum atomic E-state index is -0.466. The highest BCUT2D eigenvalue weighted by atomic mass is 16.3. The monoisotopic (exact) mass is 162 g/mol. The van der Waals surface area contributed by atoms with Crippen molar-refractivity contribution < 1.29 is 5.11 Å². The molecule has 1 aliphatic heterocycles. The van der Waals surface area contributed by atoms with Gasteiger partial charge in [-0.25, -0.2) is 0 Å². The highest BCUT2D eigenvalue weighted by Crippen LogP contribution is 2.30. The van der Waals surface area contributed by atoms with Gasteiger partial charge in [0.25, 0.3) is 0 Å². The third-order valence-corrected chi connectivity index (χ3v) is 1.58. The van der Waals surface area contributed by atoms with E-state index in [2.05, 4.69) is 20.7 Å². The van der Waals surface area contributed by atoms with Crippen molar-refractivity contribution in [2.24, 2.45) is 20.7 Å². The highest BCUT2D eigenvalue weighted by molar-refractivity contribution is 5.34. The summed E-state index contributed by atoms with van der Waals surface area (Å²) < 4.78 is 0. The summed E-state index contributed by atoms with van der Waals surface area (Å²) in [5, 5.41) is 23.5. The van der Waals surface area contributed by atoms with E-state index in [0.717, 1.165) is 0 Å². The number of rotatable bonds is 1. The summed E-state index contributed by atoms with van der Waals surface area (Å²) in [5.74, 6) is 0.169. The first kappa shape index (κ1) is 6.90. The van der Waals surface area contributed by atoms with Crippen molar-refractivity contribution in [3.8, 4) is 5.75 Å². The zero-order valence-electron chi connectivity index (χ0n) is 6.12. The number of para-hydroxylation sites is 1. The van der Waals surface area contributed by atoms with Crippen LogP contribution in [0.1, 0.15) is 11.7 Å². The molecular weight excluding hydrogens is 156 g/mol. The van der Waals surface area contributed by atoms with E-state index in [0.29, 0.717) is 5.56 Å². The molecule has 0 saturated heterocycles. The Morgan fingerprint density at radius 1 is 1.08 bits per heavy atom. The second kappa shape index (κ2) is 2.69. The van der Waals surface area contributed by atoms with E-state index in [9.17, 15) is 5.11 Å². The molecule has 0 spiro atoms. The Labute approximate surface area is 68.4 Å². The first-order valence-electron chi connectivity index (χ1n) is 3.46. The lowest BCUT2D eigenvalue weighted by Gasteiger charge is -2.02. The van der Waals surface area contributed by atoms with Crippen LogP contribution in [0.5, 0.6) is 5.75 Å². The Hall–Kier alpha value is -1.78. The van der Waals surface area contributed by atoms with Crippen molar-refractivity contribution in [2.45, 2.75) is 6.17 Å². The van der Waals surface area contributed by atoms with Gasteiger partial charge in [0.05, 0.1) is 0 Å². The second-order valence-electron chi connectivity index (χ2n) is 2.34. The average Bonchev–Trinajstić information content (AvgIpc) is 2.57. The number of hydrogen-bond donors (Lipinski definition) is 1. The van der Waals surface area contributed by atoms with E-state index in [1.54, 1.807) is 24.3 Å². The van der Waals surface area contributed by atoms with Gasteiger partial charge in [0.1, 0.15) is 5.75 Å². The van der Waals surface area contributed by atoms with E-state index in [-0.39, 0.29) is 5.75 Å². The minimum absolute atomic E-state index is 0.169. The molecule has 0 unspecified atom stereocenters. The molecule has 5 heteroatoms. The fourth-order valence-corrected chi connectivity index (χ4v) is 0.997. The normalized spacial score (nSPS) is 15.7. The fraction of sp³-hybridized carbons (Fsp3) is 0.143. The molecule has 0 amide bonds. The van der Waals surface area contributed by atoms with Crippen molar-refractivity contribution >= 4 is 0 Å². The van der Waals surface area contributed by atoms with Crippen LogP contribution in [0, 0.1) is 0 Å². The van der Waals surface area contributed by atoms with Gasteiger partial charge in [0.2, 0.25) is 6.17 Å². The first-order chi connectivity index (χ1) is 5.88. The number of benzene rings is 1. The molecule has 5 nitrogen and oxygen atoms in total. The number of hydrogen-bond acceptors (Lipinski definition) is 5. The minimum Gasteiger partial charge on any atom is -0.508 e. The Balaban J connectivity index is 2.39. The summed E-state index contributed by atoms with van der Waals surface area (Å²) in [6.07, 6.45) is -0.466. The van der Waals surface area contributed by atoms with Gasteiger partial charge in [-0.15, -0.1) is 10.2 Å². The molecule has 2 rings (SSSR count). The molecule has 60 valence electrons. The number of phenolic OH excluding ortho intramolecular Hbond substituents is 1. The number of nitrogens with zero attached hydrogens (tertiary/aromatic N) is 4. The fourth-order valence-electron chi connectivity index (χ4n) is 0.997. The molecule has 0 saturated carbocycles. The smallest absolute Gasteiger partial charge is 0.213 e. The van der Waals surface area contributed by atoms with Gasteiger partial charge in [0, 0.05) is 5.56 Å². The zero-order chi connectivity index (χ0) is 8.39. The third-order valence-electron chi connectivity index (χ3n) is 1.58. The Morgan fingerprint density at radius 2 is 1.75 bits per heavy atom. The molecule has 0 bridgehead atoms. The Kier molecular flexibility index (Phi) is 1.55. The number of phenols is 1. The van der Waals surface area contributed by atoms with Crippen molar-refractivity contribution in [2.75, 3.05) is 0 Å². The second-order valence-corrected chi connectivity index (χ2v) is 2.34. The molecule has 1 aromatic rings. The molecule has 1 aromatic carbocycles. The highest BCUT2D eigenvalue weighted by Gasteiger charge is 2.15. The van der Waals surface area contributed by atoms with E-state index in [1.165, 1.54) is 0 Å². The summed E-state index contributed by atoms with van der Waals surface area (Å²) in [6.45, 7) is 0. The molecule has 1 aliphatic rings. The van der Waals surface area contributed by atoms with Crippen molar-refractivity contribution in [1.29, 1.82) is 0 Å². The lowest BCUT2D eigenvalue weighted by Crippen LogP contribution is -1.87. The molecule has 12 heavy (non-hydrogen) atoms. The maximum Gasteiger partial charge on any atom is 0.213 e. The van der Waals surface area contributed by atoms with Crippen molar-refractivity contribution in [1.82, 2.24) is 0 Å². The van der Waals surface area contributed by atoms with Crippen molar-refractivity contribution in [3.63, 3.8) is 0 Å². The van der Waals surface area contributed by atoms with Crippen LogP contribution >= 0.6 is 0 Å². The van der Waals surface area contributed by atoms with E-state index in [1.807, 2.05) is 0 Å². The van der Waals surface area contributed by atoms with Gasteiger partial charge < -0.3 is 5.11 Å². The van der Waals surface area contributed by atoms with Gasteiger partial charge >= 0.3 is 0 Å². The topological polar surface area (TPSA) is 69.7 Å². The summed E-state index contributed by atoms with van der Waals surface area (Å²) in [5.41, 5.74) is 0.627. The molecule has 0 atom stereocenters. The van der Waals surface area contributed by atoms with Gasteiger partial charge in [-0.1, -0.05) is 18.2 Å². The first-order valence-corrected chi connectivity index (χ1v) is 3.46. The molecule has 0 aromatic heterocycles. The van der Waals surface area contributed by atoms with E-state index < -0.39 is 6.17 Å².